The van der Waals surface area contributed by atoms with Crippen LogP contribution in [0.15, 0.2) is 0 Å². The average molecular weight is 196 g/mol. The van der Waals surface area contributed by atoms with Crippen LogP contribution in [0, 0.1) is 0 Å². The molecular weight excluding hydrogens is 190 g/mol. The number of carbonyl (C=O) groups is 2. The molecule has 1 heterocycles. The van der Waals surface area contributed by atoms with Gasteiger partial charge in [-0.2, -0.15) is 8.78 Å². The summed E-state index contributed by atoms with van der Waals surface area (Å²) < 4.78 is 31.5. The summed E-state index contributed by atoms with van der Waals surface area (Å²) in [5.41, 5.74) is 0. The number of aliphatic hydroxyl groups is 1. The van der Waals surface area contributed by atoms with Crippen LogP contribution in [0.25, 0.3) is 0 Å². The molecule has 1 aliphatic rings. The summed E-state index contributed by atoms with van der Waals surface area (Å²) in [4.78, 5) is 20.9. The second-order valence-corrected chi connectivity index (χ2v) is 2.36. The molecule has 0 radical (unpaired) electrons. The molecule has 1 saturated heterocycles. The first-order valence-electron chi connectivity index (χ1n) is 3.35. The Kier molecular flexibility index (Phi) is 2.76. The number of carbonyl (C=O) groups excluding carboxylic acids is 2. The Morgan fingerprint density at radius 3 is 2.69 bits per heavy atom. The molecule has 2 atom stereocenters. The van der Waals surface area contributed by atoms with E-state index in [0.29, 0.717) is 0 Å². The fourth-order valence-corrected chi connectivity index (χ4v) is 0.797. The van der Waals surface area contributed by atoms with Gasteiger partial charge in [0.05, 0.1) is 0 Å². The van der Waals surface area contributed by atoms with E-state index in [4.69, 9.17) is 5.11 Å². The first-order chi connectivity index (χ1) is 6.02. The summed E-state index contributed by atoms with van der Waals surface area (Å²) >= 11 is 0. The molecule has 0 amide bonds. The fourth-order valence-electron chi connectivity index (χ4n) is 0.797. The zero-order valence-electron chi connectivity index (χ0n) is 6.28. The summed E-state index contributed by atoms with van der Waals surface area (Å²) in [6.07, 6.45) is -6.31. The second kappa shape index (κ2) is 3.65. The van der Waals surface area contributed by atoms with Crippen LogP contribution in [0.5, 0.6) is 0 Å². The van der Waals surface area contributed by atoms with Crippen molar-refractivity contribution in [1.82, 2.24) is 0 Å². The molecule has 74 valence electrons. The van der Waals surface area contributed by atoms with E-state index < -0.39 is 30.6 Å². The van der Waals surface area contributed by atoms with Crippen molar-refractivity contribution in [2.75, 3.05) is 6.61 Å². The number of alkyl halides is 2. The lowest BCUT2D eigenvalue weighted by molar-refractivity contribution is -0.171. The molecule has 5 nitrogen and oxygen atoms in total. The molecule has 7 heteroatoms. The van der Waals surface area contributed by atoms with E-state index >= 15 is 0 Å². The molecule has 13 heavy (non-hydrogen) atoms. The van der Waals surface area contributed by atoms with Crippen molar-refractivity contribution in [3.63, 3.8) is 0 Å². The number of esters is 2. The van der Waals surface area contributed by atoms with Gasteiger partial charge in [0.2, 0.25) is 6.10 Å². The van der Waals surface area contributed by atoms with Crippen LogP contribution in [0.1, 0.15) is 0 Å². The summed E-state index contributed by atoms with van der Waals surface area (Å²) in [5.74, 6) is -2.86. The number of cyclic esters (lactones) is 1. The van der Waals surface area contributed by atoms with Gasteiger partial charge in [-0.1, -0.05) is 0 Å². The van der Waals surface area contributed by atoms with Crippen LogP contribution in [-0.4, -0.2) is 42.3 Å². The Morgan fingerprint density at radius 1 is 1.69 bits per heavy atom. The highest BCUT2D eigenvalue weighted by Gasteiger charge is 2.40. The largest absolute Gasteiger partial charge is 0.460 e. The summed E-state index contributed by atoms with van der Waals surface area (Å²) in [6, 6.07) is 0. The number of hydrogen-bond acceptors (Lipinski definition) is 5. The van der Waals surface area contributed by atoms with E-state index in [9.17, 15) is 18.4 Å². The molecule has 0 aliphatic carbocycles. The second-order valence-electron chi connectivity index (χ2n) is 2.36. The highest BCUT2D eigenvalue weighted by molar-refractivity contribution is 5.82. The number of halogens is 2. The first kappa shape index (κ1) is 9.85. The third kappa shape index (κ3) is 2.11. The minimum absolute atomic E-state index is 0.347. The Hall–Kier alpha value is -1.24. The van der Waals surface area contributed by atoms with Gasteiger partial charge in [-0.25, -0.2) is 9.59 Å². The van der Waals surface area contributed by atoms with Crippen molar-refractivity contribution in [2.24, 2.45) is 0 Å². The van der Waals surface area contributed by atoms with Gasteiger partial charge in [0, 0.05) is 0 Å². The van der Waals surface area contributed by atoms with E-state index in [1.54, 1.807) is 0 Å². The maximum Gasteiger partial charge on any atom is 0.374 e. The lowest BCUT2D eigenvalue weighted by Crippen LogP contribution is -2.34. The lowest BCUT2D eigenvalue weighted by atomic mass is 10.2. The third-order valence-corrected chi connectivity index (χ3v) is 1.40. The Morgan fingerprint density at radius 2 is 2.31 bits per heavy atom. The molecule has 2 unspecified atom stereocenters. The van der Waals surface area contributed by atoms with E-state index in [1.165, 1.54) is 0 Å². The highest BCUT2D eigenvalue weighted by atomic mass is 19.3. The number of aliphatic hydroxyl groups excluding tert-OH is 1. The van der Waals surface area contributed by atoms with Gasteiger partial charge >= 0.3 is 18.4 Å². The van der Waals surface area contributed by atoms with Gasteiger partial charge < -0.3 is 14.6 Å². The average Bonchev–Trinajstić information content (AvgIpc) is 2.35. The van der Waals surface area contributed by atoms with E-state index in [-0.39, 0.29) is 6.61 Å². The van der Waals surface area contributed by atoms with Crippen LogP contribution < -0.4 is 0 Å². The molecule has 0 saturated carbocycles. The standard InChI is InChI=1S/C6H6F2O5/c7-4(8)6(11)13-3-2(9)1-12-5(3)10/h2-4,9H,1H2. The maximum atomic E-state index is 11.6. The normalized spacial score (nSPS) is 27.5. The summed E-state index contributed by atoms with van der Waals surface area (Å²) in [5, 5.41) is 8.92. The van der Waals surface area contributed by atoms with Gasteiger partial charge in [0.1, 0.15) is 12.7 Å². The summed E-state index contributed by atoms with van der Waals surface area (Å²) in [7, 11) is 0. The van der Waals surface area contributed by atoms with Gasteiger partial charge in [-0.05, 0) is 0 Å². The number of ether oxygens (including phenoxy) is 2. The maximum absolute atomic E-state index is 11.6. The minimum atomic E-state index is -3.32. The highest BCUT2D eigenvalue weighted by Crippen LogP contribution is 2.13. The monoisotopic (exact) mass is 196 g/mol. The zero-order valence-corrected chi connectivity index (χ0v) is 6.28. The van der Waals surface area contributed by atoms with E-state index in [1.807, 2.05) is 0 Å². The predicted molar refractivity (Wildman–Crippen MR) is 32.8 cm³/mol. The molecule has 1 rings (SSSR count). The van der Waals surface area contributed by atoms with Crippen LogP contribution in [0.4, 0.5) is 8.78 Å². The molecule has 0 aromatic carbocycles. The zero-order chi connectivity index (χ0) is 10.0. The Labute approximate surface area is 71.2 Å². The van der Waals surface area contributed by atoms with Crippen molar-refractivity contribution in [3.05, 3.63) is 0 Å². The SMILES string of the molecule is O=C(OC1C(=O)OCC1O)C(F)F. The van der Waals surface area contributed by atoms with Crippen molar-refractivity contribution in [3.8, 4) is 0 Å². The van der Waals surface area contributed by atoms with Crippen LogP contribution in [-0.2, 0) is 19.1 Å². The fraction of sp³-hybridized carbons (Fsp3) is 0.667. The topological polar surface area (TPSA) is 72.8 Å². The van der Waals surface area contributed by atoms with Crippen LogP contribution >= 0.6 is 0 Å². The Balaban J connectivity index is 2.52. The van der Waals surface area contributed by atoms with Crippen molar-refractivity contribution in [2.45, 2.75) is 18.6 Å². The molecule has 1 aliphatic heterocycles. The Bertz CT molecular complexity index is 229. The number of rotatable bonds is 2. The van der Waals surface area contributed by atoms with Gasteiger partial charge in [0.25, 0.3) is 0 Å². The van der Waals surface area contributed by atoms with Gasteiger partial charge in [-0.3, -0.25) is 0 Å². The smallest absolute Gasteiger partial charge is 0.374 e. The van der Waals surface area contributed by atoms with Crippen molar-refractivity contribution in [1.29, 1.82) is 0 Å². The molecule has 0 aromatic rings. The molecule has 1 N–H and O–H groups in total. The van der Waals surface area contributed by atoms with E-state index in [2.05, 4.69) is 9.47 Å². The quantitative estimate of drug-likeness (QED) is 0.578. The predicted octanol–water partition coefficient (Wildman–Crippen LogP) is -0.919. The molecule has 0 spiro atoms. The molecule has 1 fully saturated rings. The van der Waals surface area contributed by atoms with Crippen molar-refractivity contribution >= 4 is 11.9 Å². The van der Waals surface area contributed by atoms with Gasteiger partial charge in [0.15, 0.2) is 0 Å². The molecule has 0 bridgehead atoms. The van der Waals surface area contributed by atoms with Crippen molar-refractivity contribution < 1.29 is 33.0 Å². The molecular formula is C6H6F2O5. The first-order valence-corrected chi connectivity index (χ1v) is 3.35. The summed E-state index contributed by atoms with van der Waals surface area (Å²) in [6.45, 7) is -0.347. The van der Waals surface area contributed by atoms with Gasteiger partial charge in [-0.15, -0.1) is 0 Å². The lowest BCUT2D eigenvalue weighted by Gasteiger charge is -2.10. The molecule has 0 aromatic heterocycles. The van der Waals surface area contributed by atoms with E-state index in [0.717, 1.165) is 0 Å². The minimum Gasteiger partial charge on any atom is -0.460 e. The van der Waals surface area contributed by atoms with Crippen LogP contribution in [0.2, 0.25) is 0 Å². The third-order valence-electron chi connectivity index (χ3n) is 1.40. The van der Waals surface area contributed by atoms with Crippen LogP contribution in [0.3, 0.4) is 0 Å². The number of hydrogen-bond donors (Lipinski definition) is 1.